The highest BCUT2D eigenvalue weighted by Crippen LogP contribution is 2.27. The first-order valence-corrected chi connectivity index (χ1v) is 7.62. The number of hydrogen-bond donors (Lipinski definition) is 1. The number of anilines is 1. The zero-order chi connectivity index (χ0) is 13.8. The second-order valence-corrected chi connectivity index (χ2v) is 5.92. The molecule has 3 nitrogen and oxygen atoms in total. The van der Waals surface area contributed by atoms with E-state index in [1.54, 1.807) is 0 Å². The van der Waals surface area contributed by atoms with E-state index in [1.807, 2.05) is 0 Å². The van der Waals surface area contributed by atoms with Crippen LogP contribution in [-0.4, -0.2) is 18.1 Å². The zero-order valence-corrected chi connectivity index (χ0v) is 12.6. The fraction of sp³-hybridized carbons (Fsp3) is 0.688. The third-order valence-corrected chi connectivity index (χ3v) is 3.84. The molecule has 0 unspecified atom stereocenters. The summed E-state index contributed by atoms with van der Waals surface area (Å²) >= 11 is 0. The molecule has 1 aliphatic rings. The van der Waals surface area contributed by atoms with Crippen LogP contribution in [0.2, 0.25) is 0 Å². The summed E-state index contributed by atoms with van der Waals surface area (Å²) in [4.78, 5) is 7.33. The molecule has 1 aliphatic carbocycles. The minimum Gasteiger partial charge on any atom is -0.356 e. The molecule has 0 saturated carbocycles. The molecule has 1 heterocycles. The van der Waals surface area contributed by atoms with E-state index in [9.17, 15) is 0 Å². The zero-order valence-electron chi connectivity index (χ0n) is 12.6. The molecule has 0 spiro atoms. The fourth-order valence-corrected chi connectivity index (χ4v) is 2.90. The van der Waals surface area contributed by atoms with Crippen LogP contribution in [-0.2, 0) is 19.4 Å². The molecule has 3 heteroatoms. The lowest BCUT2D eigenvalue weighted by Crippen LogP contribution is -2.30. The van der Waals surface area contributed by atoms with Gasteiger partial charge in [-0.1, -0.05) is 13.8 Å². The molecule has 0 saturated heterocycles. The molecule has 2 N–H and O–H groups in total. The van der Waals surface area contributed by atoms with E-state index in [-0.39, 0.29) is 0 Å². The molecule has 0 fully saturated rings. The molecule has 106 valence electrons. The van der Waals surface area contributed by atoms with Gasteiger partial charge in [0, 0.05) is 30.9 Å². The van der Waals surface area contributed by atoms with Crippen LogP contribution >= 0.6 is 0 Å². The summed E-state index contributed by atoms with van der Waals surface area (Å²) < 4.78 is 0. The van der Waals surface area contributed by atoms with E-state index in [0.29, 0.717) is 12.5 Å². The average Bonchev–Trinajstić information content (AvgIpc) is 2.43. The van der Waals surface area contributed by atoms with Crippen molar-refractivity contribution in [3.63, 3.8) is 0 Å². The van der Waals surface area contributed by atoms with E-state index in [0.717, 1.165) is 25.3 Å². The van der Waals surface area contributed by atoms with Crippen LogP contribution in [0.15, 0.2) is 6.07 Å². The summed E-state index contributed by atoms with van der Waals surface area (Å²) in [5.41, 5.74) is 9.88. The van der Waals surface area contributed by atoms with Crippen LogP contribution < -0.4 is 10.6 Å². The van der Waals surface area contributed by atoms with Crippen LogP contribution in [0.5, 0.6) is 0 Å². The Hall–Kier alpha value is -1.09. The molecule has 1 aromatic rings. The van der Waals surface area contributed by atoms with Gasteiger partial charge >= 0.3 is 0 Å². The minimum atomic E-state index is 0.588. The first-order chi connectivity index (χ1) is 9.15. The maximum absolute atomic E-state index is 5.94. The number of nitrogens with zero attached hydrogens (tertiary/aromatic N) is 2. The SMILES string of the molecule is CCN(CC(C)C)c1nc2c(cc1CN)CCCC2. The maximum Gasteiger partial charge on any atom is 0.133 e. The predicted molar refractivity (Wildman–Crippen MR) is 81.5 cm³/mol. The minimum absolute atomic E-state index is 0.588. The van der Waals surface area contributed by atoms with Crippen molar-refractivity contribution >= 4 is 5.82 Å². The molecule has 0 radical (unpaired) electrons. The highest BCUT2D eigenvalue weighted by molar-refractivity contribution is 5.50. The summed E-state index contributed by atoms with van der Waals surface area (Å²) in [6, 6.07) is 2.31. The van der Waals surface area contributed by atoms with E-state index in [1.165, 1.54) is 36.1 Å². The number of aromatic nitrogens is 1. The van der Waals surface area contributed by atoms with E-state index < -0.39 is 0 Å². The first-order valence-electron chi connectivity index (χ1n) is 7.62. The van der Waals surface area contributed by atoms with Crippen molar-refractivity contribution in [3.05, 3.63) is 22.9 Å². The summed E-state index contributed by atoms with van der Waals surface area (Å²) in [7, 11) is 0. The Kier molecular flexibility index (Phi) is 4.81. The lowest BCUT2D eigenvalue weighted by atomic mass is 9.94. The van der Waals surface area contributed by atoms with E-state index in [2.05, 4.69) is 31.7 Å². The van der Waals surface area contributed by atoms with Crippen LogP contribution in [0.3, 0.4) is 0 Å². The number of pyridine rings is 1. The molecule has 1 aromatic heterocycles. The number of nitrogens with two attached hydrogens (primary N) is 1. The van der Waals surface area contributed by atoms with Gasteiger partial charge in [0.1, 0.15) is 5.82 Å². The van der Waals surface area contributed by atoms with E-state index >= 15 is 0 Å². The summed E-state index contributed by atoms with van der Waals surface area (Å²) in [6.45, 7) is 9.34. The normalized spacial score (nSPS) is 14.6. The third-order valence-electron chi connectivity index (χ3n) is 3.84. The van der Waals surface area contributed by atoms with Gasteiger partial charge in [0.2, 0.25) is 0 Å². The van der Waals surface area contributed by atoms with Crippen molar-refractivity contribution in [1.29, 1.82) is 0 Å². The number of aryl methyl sites for hydroxylation is 2. The van der Waals surface area contributed by atoms with Gasteiger partial charge in [0.15, 0.2) is 0 Å². The Balaban J connectivity index is 2.36. The van der Waals surface area contributed by atoms with Crippen molar-refractivity contribution < 1.29 is 0 Å². The van der Waals surface area contributed by atoms with Crippen molar-refractivity contribution in [2.45, 2.75) is 53.0 Å². The molecule has 0 bridgehead atoms. The van der Waals surface area contributed by atoms with Crippen LogP contribution in [0, 0.1) is 5.92 Å². The first kappa shape index (κ1) is 14.3. The summed E-state index contributed by atoms with van der Waals surface area (Å²) in [6.07, 6.45) is 4.87. The predicted octanol–water partition coefficient (Wildman–Crippen LogP) is 2.90. The van der Waals surface area contributed by atoms with Gasteiger partial charge in [-0.05, 0) is 50.2 Å². The Morgan fingerprint density at radius 2 is 2.05 bits per heavy atom. The topological polar surface area (TPSA) is 42.2 Å². The maximum atomic E-state index is 5.94. The molecule has 19 heavy (non-hydrogen) atoms. The summed E-state index contributed by atoms with van der Waals surface area (Å²) in [5, 5.41) is 0. The van der Waals surface area contributed by atoms with Crippen LogP contribution in [0.25, 0.3) is 0 Å². The number of rotatable bonds is 5. The van der Waals surface area contributed by atoms with Gasteiger partial charge in [0.25, 0.3) is 0 Å². The highest BCUT2D eigenvalue weighted by atomic mass is 15.2. The molecular weight excluding hydrogens is 234 g/mol. The standard InChI is InChI=1S/C16H27N3/c1-4-19(11-12(2)3)16-14(10-17)9-13-7-5-6-8-15(13)18-16/h9,12H,4-8,10-11,17H2,1-3H3. The average molecular weight is 261 g/mol. The van der Waals surface area contributed by atoms with Crippen LogP contribution in [0.4, 0.5) is 5.82 Å². The Morgan fingerprint density at radius 1 is 1.32 bits per heavy atom. The molecule has 0 aromatic carbocycles. The molecular formula is C16H27N3. The quantitative estimate of drug-likeness (QED) is 0.886. The molecule has 0 amide bonds. The van der Waals surface area contributed by atoms with Gasteiger partial charge in [-0.15, -0.1) is 0 Å². The lowest BCUT2D eigenvalue weighted by Gasteiger charge is -2.28. The monoisotopic (exact) mass is 261 g/mol. The van der Waals surface area contributed by atoms with Crippen molar-refractivity contribution in [3.8, 4) is 0 Å². The van der Waals surface area contributed by atoms with Gasteiger partial charge in [-0.3, -0.25) is 0 Å². The largest absolute Gasteiger partial charge is 0.356 e. The lowest BCUT2D eigenvalue weighted by molar-refractivity contribution is 0.607. The smallest absolute Gasteiger partial charge is 0.133 e. The molecule has 2 rings (SSSR count). The number of fused-ring (bicyclic) bond motifs is 1. The fourth-order valence-electron chi connectivity index (χ4n) is 2.90. The third kappa shape index (κ3) is 3.27. The number of hydrogen-bond acceptors (Lipinski definition) is 3. The molecule has 0 aliphatic heterocycles. The van der Waals surface area contributed by atoms with Crippen molar-refractivity contribution in [1.82, 2.24) is 4.98 Å². The summed E-state index contributed by atoms with van der Waals surface area (Å²) in [5.74, 6) is 1.77. The Morgan fingerprint density at radius 3 is 2.68 bits per heavy atom. The highest BCUT2D eigenvalue weighted by Gasteiger charge is 2.18. The Labute approximate surface area is 117 Å². The van der Waals surface area contributed by atoms with Crippen LogP contribution in [0.1, 0.15) is 50.4 Å². The van der Waals surface area contributed by atoms with Crippen molar-refractivity contribution in [2.24, 2.45) is 11.7 Å². The van der Waals surface area contributed by atoms with Gasteiger partial charge in [-0.2, -0.15) is 0 Å². The van der Waals surface area contributed by atoms with Gasteiger partial charge in [0.05, 0.1) is 0 Å². The van der Waals surface area contributed by atoms with Gasteiger partial charge in [-0.25, -0.2) is 4.98 Å². The van der Waals surface area contributed by atoms with Gasteiger partial charge < -0.3 is 10.6 Å². The van der Waals surface area contributed by atoms with E-state index in [4.69, 9.17) is 10.7 Å². The second-order valence-electron chi connectivity index (χ2n) is 5.92. The molecule has 0 atom stereocenters. The Bertz CT molecular complexity index is 426. The second kappa shape index (κ2) is 6.38. The van der Waals surface area contributed by atoms with Crippen molar-refractivity contribution in [2.75, 3.05) is 18.0 Å².